The molecule has 0 rings (SSSR count). The fourth-order valence-corrected chi connectivity index (χ4v) is 1.10. The predicted molar refractivity (Wildman–Crippen MR) is 65.1 cm³/mol. The molecule has 0 aliphatic rings. The van der Waals surface area contributed by atoms with Crippen LogP contribution < -0.4 is 21.7 Å². The van der Waals surface area contributed by atoms with Gasteiger partial charge in [0.1, 0.15) is 6.04 Å². The number of urea groups is 1. The molecule has 4 amide bonds. The van der Waals surface area contributed by atoms with Crippen LogP contribution in [0.5, 0.6) is 0 Å². The van der Waals surface area contributed by atoms with E-state index in [2.05, 4.69) is 10.6 Å². The lowest BCUT2D eigenvalue weighted by atomic mass is 10.2. The molecule has 0 radical (unpaired) electrons. The molecule has 0 saturated heterocycles. The van der Waals surface area contributed by atoms with Gasteiger partial charge in [0.05, 0.1) is 13.0 Å². The Morgan fingerprint density at radius 2 is 1.84 bits per heavy atom. The summed E-state index contributed by atoms with van der Waals surface area (Å²) in [6.45, 7) is 2.08. The minimum absolute atomic E-state index is 0.283. The summed E-state index contributed by atoms with van der Waals surface area (Å²) in [4.78, 5) is 43.8. The second-order valence-corrected chi connectivity index (χ2v) is 3.74. The molecule has 9 heteroatoms. The molecular formula is C10H18N4O5. The van der Waals surface area contributed by atoms with Crippen LogP contribution in [-0.4, -0.2) is 48.1 Å². The van der Waals surface area contributed by atoms with E-state index in [-0.39, 0.29) is 6.54 Å². The number of amides is 4. The van der Waals surface area contributed by atoms with E-state index >= 15 is 0 Å². The van der Waals surface area contributed by atoms with Crippen molar-refractivity contribution >= 4 is 23.8 Å². The lowest BCUT2D eigenvalue weighted by Gasteiger charge is -2.13. The zero-order valence-corrected chi connectivity index (χ0v) is 10.6. The number of aliphatic carboxylic acids is 1. The third-order valence-electron chi connectivity index (χ3n) is 1.99. The maximum atomic E-state index is 11.3. The summed E-state index contributed by atoms with van der Waals surface area (Å²) in [5, 5.41) is 15.5. The van der Waals surface area contributed by atoms with Crippen molar-refractivity contribution in [2.75, 3.05) is 13.1 Å². The van der Waals surface area contributed by atoms with E-state index in [1.165, 1.54) is 0 Å². The Bertz CT molecular complexity index is 358. The minimum atomic E-state index is -1.42. The van der Waals surface area contributed by atoms with Gasteiger partial charge in [-0.25, -0.2) is 9.59 Å². The highest BCUT2D eigenvalue weighted by atomic mass is 16.4. The first-order valence-electron chi connectivity index (χ1n) is 5.69. The molecule has 0 spiro atoms. The summed E-state index contributed by atoms with van der Waals surface area (Å²) in [5.74, 6) is -2.63. The number of hydrogen-bond acceptors (Lipinski definition) is 4. The van der Waals surface area contributed by atoms with Gasteiger partial charge in [-0.2, -0.15) is 0 Å². The number of rotatable bonds is 8. The Hall–Kier alpha value is -2.32. The SMILES string of the molecule is CCCNC(=O)CNC(=O)NC(CC(N)=O)C(=O)O. The Morgan fingerprint density at radius 1 is 1.21 bits per heavy atom. The number of carbonyl (C=O) groups is 4. The number of carbonyl (C=O) groups excluding carboxylic acids is 3. The van der Waals surface area contributed by atoms with Gasteiger partial charge in [-0.1, -0.05) is 6.92 Å². The van der Waals surface area contributed by atoms with E-state index in [4.69, 9.17) is 10.8 Å². The molecule has 0 aliphatic heterocycles. The molecule has 0 aromatic carbocycles. The van der Waals surface area contributed by atoms with Crippen LogP contribution in [0.3, 0.4) is 0 Å². The van der Waals surface area contributed by atoms with Gasteiger partial charge in [-0.3, -0.25) is 9.59 Å². The van der Waals surface area contributed by atoms with Gasteiger partial charge in [0.25, 0.3) is 0 Å². The molecule has 1 atom stereocenters. The summed E-state index contributed by atoms with van der Waals surface area (Å²) in [5.41, 5.74) is 4.85. The Labute approximate surface area is 109 Å². The fourth-order valence-electron chi connectivity index (χ4n) is 1.10. The van der Waals surface area contributed by atoms with Crippen molar-refractivity contribution in [3.05, 3.63) is 0 Å². The van der Waals surface area contributed by atoms with Gasteiger partial charge >= 0.3 is 12.0 Å². The van der Waals surface area contributed by atoms with E-state index < -0.39 is 36.3 Å². The molecule has 0 bridgehead atoms. The van der Waals surface area contributed by atoms with Gasteiger partial charge < -0.3 is 26.8 Å². The van der Waals surface area contributed by atoms with Crippen LogP contribution in [0.4, 0.5) is 4.79 Å². The molecule has 0 fully saturated rings. The number of nitrogens with two attached hydrogens (primary N) is 1. The second kappa shape index (κ2) is 8.72. The first kappa shape index (κ1) is 16.7. The van der Waals surface area contributed by atoms with Crippen molar-refractivity contribution in [3.8, 4) is 0 Å². The van der Waals surface area contributed by atoms with E-state index in [0.29, 0.717) is 6.54 Å². The number of nitrogens with one attached hydrogen (secondary N) is 3. The monoisotopic (exact) mass is 274 g/mol. The van der Waals surface area contributed by atoms with E-state index in [9.17, 15) is 19.2 Å². The van der Waals surface area contributed by atoms with Crippen LogP contribution >= 0.6 is 0 Å². The van der Waals surface area contributed by atoms with Crippen LogP contribution in [0.2, 0.25) is 0 Å². The van der Waals surface area contributed by atoms with Crippen LogP contribution in [0.25, 0.3) is 0 Å². The number of carboxylic acids is 1. The zero-order chi connectivity index (χ0) is 14.8. The van der Waals surface area contributed by atoms with Gasteiger partial charge in [0.2, 0.25) is 11.8 Å². The molecule has 1 unspecified atom stereocenters. The third kappa shape index (κ3) is 8.41. The van der Waals surface area contributed by atoms with Gasteiger partial charge in [0.15, 0.2) is 0 Å². The molecular weight excluding hydrogens is 256 g/mol. The Balaban J connectivity index is 4.09. The highest BCUT2D eigenvalue weighted by Gasteiger charge is 2.22. The first-order chi connectivity index (χ1) is 8.86. The van der Waals surface area contributed by atoms with E-state index in [1.54, 1.807) is 0 Å². The van der Waals surface area contributed by atoms with Gasteiger partial charge in [-0.05, 0) is 6.42 Å². The largest absolute Gasteiger partial charge is 0.480 e. The van der Waals surface area contributed by atoms with Crippen LogP contribution in [0.1, 0.15) is 19.8 Å². The summed E-state index contributed by atoms with van der Waals surface area (Å²) in [6, 6.07) is -2.28. The minimum Gasteiger partial charge on any atom is -0.480 e. The molecule has 6 N–H and O–H groups in total. The van der Waals surface area contributed by atoms with Crippen LogP contribution in [0, 0.1) is 0 Å². The molecule has 0 aliphatic carbocycles. The summed E-state index contributed by atoms with van der Waals surface area (Å²) < 4.78 is 0. The smallest absolute Gasteiger partial charge is 0.326 e. The van der Waals surface area contributed by atoms with Gasteiger partial charge in [-0.15, -0.1) is 0 Å². The van der Waals surface area contributed by atoms with Crippen molar-refractivity contribution in [1.82, 2.24) is 16.0 Å². The quantitative estimate of drug-likeness (QED) is 0.351. The maximum Gasteiger partial charge on any atom is 0.326 e. The number of primary amides is 1. The molecule has 0 heterocycles. The highest BCUT2D eigenvalue weighted by molar-refractivity contribution is 5.89. The standard InChI is InChI=1S/C10H18N4O5/c1-2-3-12-8(16)5-13-10(19)14-6(9(17)18)4-7(11)15/h6H,2-5H2,1H3,(H2,11,15)(H,12,16)(H,17,18)(H2,13,14,19). The lowest BCUT2D eigenvalue weighted by Crippen LogP contribution is -2.49. The average Bonchev–Trinajstić information content (AvgIpc) is 2.32. The summed E-state index contributed by atoms with van der Waals surface area (Å²) in [6.07, 6.45) is 0.239. The Morgan fingerprint density at radius 3 is 2.32 bits per heavy atom. The van der Waals surface area contributed by atoms with Crippen molar-refractivity contribution in [3.63, 3.8) is 0 Å². The molecule has 0 aromatic rings. The van der Waals surface area contributed by atoms with E-state index in [1.807, 2.05) is 12.2 Å². The van der Waals surface area contributed by atoms with Gasteiger partial charge in [0, 0.05) is 6.54 Å². The molecule has 9 nitrogen and oxygen atoms in total. The fraction of sp³-hybridized carbons (Fsp3) is 0.600. The van der Waals surface area contributed by atoms with Crippen LogP contribution in [-0.2, 0) is 14.4 Å². The second-order valence-electron chi connectivity index (χ2n) is 3.74. The zero-order valence-electron chi connectivity index (χ0n) is 10.6. The normalized spacial score (nSPS) is 11.2. The predicted octanol–water partition coefficient (Wildman–Crippen LogP) is -1.86. The molecule has 0 aromatic heterocycles. The number of hydrogen-bond donors (Lipinski definition) is 5. The van der Waals surface area contributed by atoms with E-state index in [0.717, 1.165) is 6.42 Å². The lowest BCUT2D eigenvalue weighted by molar-refractivity contribution is -0.140. The number of carboxylic acid groups (broad SMARTS) is 1. The van der Waals surface area contributed by atoms with Crippen molar-refractivity contribution in [1.29, 1.82) is 0 Å². The topological polar surface area (TPSA) is 151 Å². The van der Waals surface area contributed by atoms with Crippen molar-refractivity contribution in [2.45, 2.75) is 25.8 Å². The Kier molecular flexibility index (Phi) is 7.66. The third-order valence-corrected chi connectivity index (χ3v) is 1.99. The molecule has 0 saturated carbocycles. The molecule has 108 valence electrons. The van der Waals surface area contributed by atoms with Crippen LogP contribution in [0.15, 0.2) is 0 Å². The van der Waals surface area contributed by atoms with Crippen molar-refractivity contribution in [2.24, 2.45) is 5.73 Å². The molecule has 19 heavy (non-hydrogen) atoms. The summed E-state index contributed by atoms with van der Waals surface area (Å²) >= 11 is 0. The average molecular weight is 274 g/mol. The van der Waals surface area contributed by atoms with Crippen molar-refractivity contribution < 1.29 is 24.3 Å². The first-order valence-corrected chi connectivity index (χ1v) is 5.69. The highest BCUT2D eigenvalue weighted by Crippen LogP contribution is 1.91. The summed E-state index contributed by atoms with van der Waals surface area (Å²) in [7, 11) is 0. The maximum absolute atomic E-state index is 11.3.